The SMILES string of the molecule is Cc1cc(Oc2ncccc2C(C)N)ccc1[N+](=O)[O-]. The van der Waals surface area contributed by atoms with Gasteiger partial charge in [-0.3, -0.25) is 10.1 Å². The van der Waals surface area contributed by atoms with Gasteiger partial charge in [0, 0.05) is 29.4 Å². The molecule has 2 rings (SSSR count). The van der Waals surface area contributed by atoms with Crippen LogP contribution in [0.5, 0.6) is 11.6 Å². The first-order valence-corrected chi connectivity index (χ1v) is 6.12. The Bertz CT molecular complexity index is 641. The summed E-state index contributed by atoms with van der Waals surface area (Å²) < 4.78 is 5.67. The molecule has 0 radical (unpaired) electrons. The van der Waals surface area contributed by atoms with E-state index in [9.17, 15) is 10.1 Å². The first kappa shape index (κ1) is 14.0. The summed E-state index contributed by atoms with van der Waals surface area (Å²) in [6, 6.07) is 7.98. The molecule has 0 aliphatic rings. The molecule has 2 N–H and O–H groups in total. The predicted octanol–water partition coefficient (Wildman–Crippen LogP) is 3.11. The fourth-order valence-electron chi connectivity index (χ4n) is 1.84. The molecule has 0 spiro atoms. The maximum absolute atomic E-state index is 10.8. The number of aryl methyl sites for hydroxylation is 1. The molecule has 6 nitrogen and oxygen atoms in total. The molecule has 0 saturated heterocycles. The highest BCUT2D eigenvalue weighted by Gasteiger charge is 2.13. The normalized spacial score (nSPS) is 11.9. The van der Waals surface area contributed by atoms with Gasteiger partial charge in [-0.15, -0.1) is 0 Å². The lowest BCUT2D eigenvalue weighted by Gasteiger charge is -2.12. The topological polar surface area (TPSA) is 91.3 Å². The van der Waals surface area contributed by atoms with Gasteiger partial charge in [-0.05, 0) is 32.0 Å². The number of benzene rings is 1. The molecule has 104 valence electrons. The smallest absolute Gasteiger partial charge is 0.272 e. The Morgan fingerprint density at radius 1 is 1.40 bits per heavy atom. The van der Waals surface area contributed by atoms with E-state index < -0.39 is 4.92 Å². The van der Waals surface area contributed by atoms with Crippen molar-refractivity contribution >= 4 is 5.69 Å². The van der Waals surface area contributed by atoms with E-state index in [-0.39, 0.29) is 11.7 Å². The van der Waals surface area contributed by atoms with Gasteiger partial charge in [0.1, 0.15) is 5.75 Å². The van der Waals surface area contributed by atoms with Crippen LogP contribution in [0.3, 0.4) is 0 Å². The van der Waals surface area contributed by atoms with Crippen molar-refractivity contribution in [3.8, 4) is 11.6 Å². The summed E-state index contributed by atoms with van der Waals surface area (Å²) in [5.41, 5.74) is 7.23. The van der Waals surface area contributed by atoms with Crippen LogP contribution in [0, 0.1) is 17.0 Å². The molecule has 0 aliphatic carbocycles. The second-order valence-electron chi connectivity index (χ2n) is 4.49. The average Bonchev–Trinajstić information content (AvgIpc) is 2.38. The standard InChI is InChI=1S/C14H15N3O3/c1-9-8-11(5-6-13(9)17(18)19)20-14-12(10(2)15)4-3-7-16-14/h3-8,10H,15H2,1-2H3. The first-order valence-electron chi connectivity index (χ1n) is 6.12. The summed E-state index contributed by atoms with van der Waals surface area (Å²) >= 11 is 0. The average molecular weight is 273 g/mol. The van der Waals surface area contributed by atoms with Crippen molar-refractivity contribution in [3.63, 3.8) is 0 Å². The van der Waals surface area contributed by atoms with Crippen molar-refractivity contribution in [1.82, 2.24) is 4.98 Å². The van der Waals surface area contributed by atoms with Crippen LogP contribution in [0.15, 0.2) is 36.5 Å². The zero-order valence-electron chi connectivity index (χ0n) is 11.2. The molecule has 0 bridgehead atoms. The Balaban J connectivity index is 2.31. The molecule has 1 unspecified atom stereocenters. The molecule has 0 amide bonds. The number of nitro benzene ring substituents is 1. The van der Waals surface area contributed by atoms with Crippen LogP contribution >= 0.6 is 0 Å². The van der Waals surface area contributed by atoms with Crippen molar-refractivity contribution in [2.24, 2.45) is 5.73 Å². The Morgan fingerprint density at radius 3 is 2.75 bits per heavy atom. The summed E-state index contributed by atoms with van der Waals surface area (Å²) in [5, 5.41) is 10.8. The second-order valence-corrected chi connectivity index (χ2v) is 4.49. The van der Waals surface area contributed by atoms with E-state index in [0.717, 1.165) is 5.56 Å². The van der Waals surface area contributed by atoms with Gasteiger partial charge >= 0.3 is 0 Å². The fourth-order valence-corrected chi connectivity index (χ4v) is 1.84. The quantitative estimate of drug-likeness (QED) is 0.682. The van der Waals surface area contributed by atoms with E-state index in [1.807, 2.05) is 13.0 Å². The number of rotatable bonds is 4. The molecule has 6 heteroatoms. The van der Waals surface area contributed by atoms with Gasteiger partial charge in [-0.25, -0.2) is 4.98 Å². The Morgan fingerprint density at radius 2 is 2.15 bits per heavy atom. The third-order valence-corrected chi connectivity index (χ3v) is 2.87. The molecule has 1 heterocycles. The third kappa shape index (κ3) is 2.92. The first-order chi connectivity index (χ1) is 9.49. The largest absolute Gasteiger partial charge is 0.439 e. The molecule has 0 saturated carbocycles. The van der Waals surface area contributed by atoms with Gasteiger partial charge in [-0.1, -0.05) is 6.07 Å². The molecule has 0 aliphatic heterocycles. The highest BCUT2D eigenvalue weighted by Crippen LogP contribution is 2.29. The molecule has 1 atom stereocenters. The van der Waals surface area contributed by atoms with Crippen molar-refractivity contribution in [2.75, 3.05) is 0 Å². The predicted molar refractivity (Wildman–Crippen MR) is 74.7 cm³/mol. The minimum atomic E-state index is -0.423. The number of nitrogens with zero attached hydrogens (tertiary/aromatic N) is 2. The molecule has 1 aromatic carbocycles. The summed E-state index contributed by atoms with van der Waals surface area (Å²) in [6.07, 6.45) is 1.61. The number of nitrogens with two attached hydrogens (primary N) is 1. The van der Waals surface area contributed by atoms with Gasteiger partial charge in [0.15, 0.2) is 0 Å². The van der Waals surface area contributed by atoms with E-state index in [1.165, 1.54) is 6.07 Å². The summed E-state index contributed by atoms with van der Waals surface area (Å²) in [4.78, 5) is 14.5. The van der Waals surface area contributed by atoms with E-state index >= 15 is 0 Å². The number of ether oxygens (including phenoxy) is 1. The molecule has 2 aromatic rings. The minimum Gasteiger partial charge on any atom is -0.439 e. The number of hydrogen-bond acceptors (Lipinski definition) is 5. The van der Waals surface area contributed by atoms with E-state index in [1.54, 1.807) is 31.3 Å². The molecular formula is C14H15N3O3. The maximum Gasteiger partial charge on any atom is 0.272 e. The van der Waals surface area contributed by atoms with E-state index in [2.05, 4.69) is 4.98 Å². The summed E-state index contributed by atoms with van der Waals surface area (Å²) in [6.45, 7) is 3.50. The van der Waals surface area contributed by atoms with Crippen molar-refractivity contribution in [3.05, 3.63) is 57.8 Å². The van der Waals surface area contributed by atoms with Crippen LogP contribution in [0.2, 0.25) is 0 Å². The highest BCUT2D eigenvalue weighted by atomic mass is 16.6. The number of hydrogen-bond donors (Lipinski definition) is 1. The number of pyridine rings is 1. The van der Waals surface area contributed by atoms with Gasteiger partial charge in [-0.2, -0.15) is 0 Å². The lowest BCUT2D eigenvalue weighted by Crippen LogP contribution is -2.07. The van der Waals surface area contributed by atoms with Crippen molar-refractivity contribution in [1.29, 1.82) is 0 Å². The van der Waals surface area contributed by atoms with Crippen molar-refractivity contribution < 1.29 is 9.66 Å². The lowest BCUT2D eigenvalue weighted by atomic mass is 10.1. The summed E-state index contributed by atoms with van der Waals surface area (Å²) in [5.74, 6) is 0.907. The van der Waals surface area contributed by atoms with Crippen LogP contribution < -0.4 is 10.5 Å². The van der Waals surface area contributed by atoms with Crippen LogP contribution in [0.25, 0.3) is 0 Å². The Labute approximate surface area is 116 Å². The van der Waals surface area contributed by atoms with Gasteiger partial charge in [0.2, 0.25) is 5.88 Å². The van der Waals surface area contributed by atoms with Crippen LogP contribution in [-0.2, 0) is 0 Å². The third-order valence-electron chi connectivity index (χ3n) is 2.87. The van der Waals surface area contributed by atoms with Crippen LogP contribution in [0.4, 0.5) is 5.69 Å². The zero-order chi connectivity index (χ0) is 14.7. The zero-order valence-corrected chi connectivity index (χ0v) is 11.2. The lowest BCUT2D eigenvalue weighted by molar-refractivity contribution is -0.385. The molecule has 1 aromatic heterocycles. The van der Waals surface area contributed by atoms with Crippen LogP contribution in [-0.4, -0.2) is 9.91 Å². The molecular weight excluding hydrogens is 258 g/mol. The molecule has 20 heavy (non-hydrogen) atoms. The van der Waals surface area contributed by atoms with Crippen LogP contribution in [0.1, 0.15) is 24.1 Å². The Kier molecular flexibility index (Phi) is 3.95. The number of nitro groups is 1. The second kappa shape index (κ2) is 5.66. The minimum absolute atomic E-state index is 0.0609. The van der Waals surface area contributed by atoms with Gasteiger partial charge in [0.25, 0.3) is 5.69 Å². The number of aromatic nitrogens is 1. The van der Waals surface area contributed by atoms with E-state index in [4.69, 9.17) is 10.5 Å². The van der Waals surface area contributed by atoms with Gasteiger partial charge in [0.05, 0.1) is 4.92 Å². The highest BCUT2D eigenvalue weighted by molar-refractivity contribution is 5.45. The van der Waals surface area contributed by atoms with Crippen molar-refractivity contribution in [2.45, 2.75) is 19.9 Å². The molecule has 0 fully saturated rings. The van der Waals surface area contributed by atoms with Gasteiger partial charge < -0.3 is 10.5 Å². The summed E-state index contributed by atoms with van der Waals surface area (Å²) in [7, 11) is 0. The van der Waals surface area contributed by atoms with E-state index in [0.29, 0.717) is 17.2 Å². The Hall–Kier alpha value is -2.47. The fraction of sp³-hybridized carbons (Fsp3) is 0.214. The monoisotopic (exact) mass is 273 g/mol. The maximum atomic E-state index is 10.8.